The van der Waals surface area contributed by atoms with E-state index in [9.17, 15) is 0 Å². The van der Waals surface area contributed by atoms with Crippen LogP contribution >= 0.6 is 35.3 Å². The van der Waals surface area contributed by atoms with Crippen LogP contribution in [0.1, 0.15) is 25.6 Å². The quantitative estimate of drug-likeness (QED) is 0.335. The summed E-state index contributed by atoms with van der Waals surface area (Å²) in [4.78, 5) is 5.66. The van der Waals surface area contributed by atoms with Crippen molar-refractivity contribution in [3.63, 3.8) is 0 Å². The molecule has 2 rings (SSSR count). The normalized spacial score (nSPS) is 11.5. The summed E-state index contributed by atoms with van der Waals surface area (Å²) in [6.07, 6.45) is 0. The van der Waals surface area contributed by atoms with Crippen LogP contribution in [-0.2, 0) is 5.41 Å². The van der Waals surface area contributed by atoms with Gasteiger partial charge in [0.05, 0.1) is 13.7 Å². The number of guanidine groups is 1. The van der Waals surface area contributed by atoms with Gasteiger partial charge in [-0.3, -0.25) is 4.99 Å². The number of hydrogen-bond donors (Lipinski definition) is 2. The molecule has 0 aliphatic carbocycles. The molecule has 0 bridgehead atoms. The van der Waals surface area contributed by atoms with E-state index in [1.807, 2.05) is 25.1 Å². The van der Waals surface area contributed by atoms with E-state index in [1.54, 1.807) is 25.5 Å². The van der Waals surface area contributed by atoms with Gasteiger partial charge >= 0.3 is 0 Å². The Morgan fingerprint density at radius 2 is 2.00 bits per heavy atom. The van der Waals surface area contributed by atoms with E-state index in [-0.39, 0.29) is 29.4 Å². The zero-order chi connectivity index (χ0) is 18.3. The zero-order valence-corrected chi connectivity index (χ0v) is 19.1. The van der Waals surface area contributed by atoms with Crippen LogP contribution in [0.2, 0.25) is 0 Å². The van der Waals surface area contributed by atoms with E-state index in [1.165, 1.54) is 4.88 Å². The third kappa shape index (κ3) is 6.05. The maximum Gasteiger partial charge on any atom is 0.195 e. The molecular weight excluding hydrogens is 461 g/mol. The first kappa shape index (κ1) is 22.6. The molecule has 0 aliphatic heterocycles. The van der Waals surface area contributed by atoms with Gasteiger partial charge < -0.3 is 20.1 Å². The summed E-state index contributed by atoms with van der Waals surface area (Å²) in [5.41, 5.74) is 0.925. The molecule has 144 valence electrons. The van der Waals surface area contributed by atoms with Crippen LogP contribution in [0.25, 0.3) is 0 Å². The fourth-order valence-corrected chi connectivity index (χ4v) is 3.25. The molecule has 0 amide bonds. The van der Waals surface area contributed by atoms with Crippen LogP contribution in [0.15, 0.2) is 40.7 Å². The first-order valence-electron chi connectivity index (χ1n) is 8.32. The van der Waals surface area contributed by atoms with Crippen molar-refractivity contribution >= 4 is 47.0 Å². The van der Waals surface area contributed by atoms with E-state index in [4.69, 9.17) is 9.47 Å². The third-order valence-electron chi connectivity index (χ3n) is 3.84. The second-order valence-corrected chi connectivity index (χ2v) is 7.16. The van der Waals surface area contributed by atoms with Crippen molar-refractivity contribution in [2.45, 2.75) is 26.2 Å². The van der Waals surface area contributed by atoms with Crippen LogP contribution in [0.3, 0.4) is 0 Å². The summed E-state index contributed by atoms with van der Waals surface area (Å²) in [6, 6.07) is 10.00. The van der Waals surface area contributed by atoms with Crippen molar-refractivity contribution in [1.29, 1.82) is 0 Å². The minimum absolute atomic E-state index is 0. The number of nitrogens with one attached hydrogen (secondary N) is 2. The highest BCUT2D eigenvalue weighted by atomic mass is 127. The average Bonchev–Trinajstić information content (AvgIpc) is 3.15. The molecule has 5 nitrogen and oxygen atoms in total. The molecule has 26 heavy (non-hydrogen) atoms. The second kappa shape index (κ2) is 10.6. The molecule has 0 aliphatic rings. The van der Waals surface area contributed by atoms with Crippen molar-refractivity contribution in [3.8, 4) is 11.5 Å². The topological polar surface area (TPSA) is 54.9 Å². The van der Waals surface area contributed by atoms with Crippen LogP contribution in [0.4, 0.5) is 5.69 Å². The van der Waals surface area contributed by atoms with Gasteiger partial charge in [-0.1, -0.05) is 19.9 Å². The Morgan fingerprint density at radius 1 is 1.23 bits per heavy atom. The molecule has 0 saturated carbocycles. The Morgan fingerprint density at radius 3 is 2.58 bits per heavy atom. The van der Waals surface area contributed by atoms with Crippen LogP contribution in [0.5, 0.6) is 11.5 Å². The van der Waals surface area contributed by atoms with Crippen molar-refractivity contribution < 1.29 is 9.47 Å². The van der Waals surface area contributed by atoms with Gasteiger partial charge in [-0.05, 0) is 30.5 Å². The minimum Gasteiger partial charge on any atom is -0.493 e. The largest absolute Gasteiger partial charge is 0.493 e. The predicted molar refractivity (Wildman–Crippen MR) is 122 cm³/mol. The Kier molecular flexibility index (Phi) is 9.21. The Bertz CT molecular complexity index is 703. The lowest BCUT2D eigenvalue weighted by Crippen LogP contribution is -2.39. The number of benzene rings is 1. The molecule has 0 spiro atoms. The first-order valence-corrected chi connectivity index (χ1v) is 9.20. The van der Waals surface area contributed by atoms with Crippen LogP contribution in [0, 0.1) is 0 Å². The van der Waals surface area contributed by atoms with E-state index < -0.39 is 0 Å². The maximum absolute atomic E-state index is 5.62. The van der Waals surface area contributed by atoms with Gasteiger partial charge in [0.1, 0.15) is 0 Å². The Labute approximate surface area is 177 Å². The molecule has 0 unspecified atom stereocenters. The molecule has 0 saturated heterocycles. The molecule has 7 heteroatoms. The highest BCUT2D eigenvalue weighted by Gasteiger charge is 2.22. The fourth-order valence-electron chi connectivity index (χ4n) is 2.39. The Balaban J connectivity index is 0.00000338. The summed E-state index contributed by atoms with van der Waals surface area (Å²) in [6.45, 7) is 7.76. The van der Waals surface area contributed by atoms with Crippen LogP contribution in [-0.4, -0.2) is 33.3 Å². The molecule has 0 radical (unpaired) electrons. The lowest BCUT2D eigenvalue weighted by Gasteiger charge is -2.25. The zero-order valence-electron chi connectivity index (χ0n) is 16.0. The summed E-state index contributed by atoms with van der Waals surface area (Å²) in [5, 5.41) is 8.81. The molecule has 2 N–H and O–H groups in total. The van der Waals surface area contributed by atoms with Gasteiger partial charge in [0, 0.05) is 35.6 Å². The second-order valence-electron chi connectivity index (χ2n) is 6.21. The highest BCUT2D eigenvalue weighted by molar-refractivity contribution is 14.0. The number of nitrogens with zero attached hydrogens (tertiary/aromatic N) is 1. The molecule has 1 aromatic heterocycles. The van der Waals surface area contributed by atoms with Gasteiger partial charge in [-0.25, -0.2) is 0 Å². The number of hydrogen-bond acceptors (Lipinski definition) is 4. The lowest BCUT2D eigenvalue weighted by molar-refractivity contribution is 0.311. The first-order chi connectivity index (χ1) is 12.0. The van der Waals surface area contributed by atoms with Crippen molar-refractivity contribution in [3.05, 3.63) is 40.6 Å². The van der Waals surface area contributed by atoms with Crippen molar-refractivity contribution in [2.75, 3.05) is 32.6 Å². The lowest BCUT2D eigenvalue weighted by atomic mass is 9.91. The van der Waals surface area contributed by atoms with E-state index in [0.717, 1.165) is 18.2 Å². The molecule has 2 aromatic rings. The number of methoxy groups -OCH3 is 1. The third-order valence-corrected chi connectivity index (χ3v) is 5.07. The van der Waals surface area contributed by atoms with Gasteiger partial charge in [-0.2, -0.15) is 0 Å². The molecule has 0 atom stereocenters. The summed E-state index contributed by atoms with van der Waals surface area (Å²) >= 11 is 1.77. The molecule has 1 aromatic carbocycles. The number of thiophene rings is 1. The number of aliphatic imine (C=N–C) groups is 1. The fraction of sp³-hybridized carbons (Fsp3) is 0.421. The average molecular weight is 489 g/mol. The smallest absolute Gasteiger partial charge is 0.195 e. The van der Waals surface area contributed by atoms with E-state index in [0.29, 0.717) is 18.1 Å². The van der Waals surface area contributed by atoms with Gasteiger partial charge in [0.15, 0.2) is 17.5 Å². The molecule has 0 fully saturated rings. The van der Waals surface area contributed by atoms with Gasteiger partial charge in [0.2, 0.25) is 0 Å². The van der Waals surface area contributed by atoms with Crippen molar-refractivity contribution in [1.82, 2.24) is 5.32 Å². The summed E-state index contributed by atoms with van der Waals surface area (Å²) < 4.78 is 10.9. The minimum atomic E-state index is 0. The number of rotatable bonds is 7. The van der Waals surface area contributed by atoms with E-state index in [2.05, 4.69) is 47.0 Å². The standard InChI is InChI=1S/C19H27N3O2S.HI/c1-6-24-16-12-14(9-10-15(16)23-5)22-18(20-4)21-13-19(2,3)17-8-7-11-25-17;/h7-12H,6,13H2,1-5H3,(H2,20,21,22);1H. The molecule has 1 heterocycles. The van der Waals surface area contributed by atoms with E-state index >= 15 is 0 Å². The van der Waals surface area contributed by atoms with Crippen molar-refractivity contribution in [2.24, 2.45) is 4.99 Å². The monoisotopic (exact) mass is 489 g/mol. The number of anilines is 1. The number of halogens is 1. The summed E-state index contributed by atoms with van der Waals surface area (Å²) in [7, 11) is 3.40. The molecular formula is C19H28IN3O2S. The van der Waals surface area contributed by atoms with Gasteiger partial charge in [0.25, 0.3) is 0 Å². The maximum atomic E-state index is 5.62. The van der Waals surface area contributed by atoms with Gasteiger partial charge in [-0.15, -0.1) is 35.3 Å². The Hall–Kier alpha value is -1.48. The number of ether oxygens (including phenoxy) is 2. The van der Waals surface area contributed by atoms with Crippen LogP contribution < -0.4 is 20.1 Å². The highest BCUT2D eigenvalue weighted by Crippen LogP contribution is 2.30. The predicted octanol–water partition coefficient (Wildman–Crippen LogP) is 4.74. The summed E-state index contributed by atoms with van der Waals surface area (Å²) in [5.74, 6) is 2.15. The SMILES string of the molecule is CCOc1cc(NC(=NC)NCC(C)(C)c2cccs2)ccc1OC.I.